The van der Waals surface area contributed by atoms with Gasteiger partial charge < -0.3 is 10.6 Å². The van der Waals surface area contributed by atoms with Crippen molar-refractivity contribution in [3.8, 4) is 0 Å². The van der Waals surface area contributed by atoms with Gasteiger partial charge in [-0.25, -0.2) is 4.98 Å². The summed E-state index contributed by atoms with van der Waals surface area (Å²) in [7, 11) is 4.05. The van der Waals surface area contributed by atoms with Crippen LogP contribution in [-0.2, 0) is 0 Å². The largest absolute Gasteiger partial charge is 0.378 e. The average Bonchev–Trinajstić information content (AvgIpc) is 2.81. The fourth-order valence-corrected chi connectivity index (χ4v) is 2.18. The van der Waals surface area contributed by atoms with Crippen molar-refractivity contribution in [2.45, 2.75) is 6.04 Å². The Morgan fingerprint density at radius 2 is 1.94 bits per heavy atom. The molecule has 2 aromatic rings. The van der Waals surface area contributed by atoms with Crippen LogP contribution in [-0.4, -0.2) is 19.1 Å². The smallest absolute Gasteiger partial charge is 0.114 e. The zero-order valence-corrected chi connectivity index (χ0v) is 10.2. The molecule has 0 radical (unpaired) electrons. The Hall–Kier alpha value is -1.39. The lowest BCUT2D eigenvalue weighted by atomic mass is 10.1. The molecule has 0 fully saturated rings. The number of hydrogen-bond donors (Lipinski definition) is 1. The SMILES string of the molecule is CN(C)c1ccc(C(N)c2nccs2)cc1. The first-order valence-corrected chi connectivity index (χ1v) is 5.98. The first-order valence-electron chi connectivity index (χ1n) is 5.11. The Kier molecular flexibility index (Phi) is 3.22. The molecule has 0 spiro atoms. The fourth-order valence-electron chi connectivity index (χ4n) is 1.51. The van der Waals surface area contributed by atoms with Crippen LogP contribution in [0.15, 0.2) is 35.8 Å². The van der Waals surface area contributed by atoms with Gasteiger partial charge in [0.1, 0.15) is 5.01 Å². The molecule has 1 aromatic carbocycles. The van der Waals surface area contributed by atoms with E-state index in [-0.39, 0.29) is 6.04 Å². The molecule has 0 bridgehead atoms. The molecule has 2 N–H and O–H groups in total. The molecule has 0 aliphatic carbocycles. The van der Waals surface area contributed by atoms with E-state index >= 15 is 0 Å². The molecule has 2 rings (SSSR count). The molecule has 1 heterocycles. The lowest BCUT2D eigenvalue weighted by Gasteiger charge is -2.14. The molecule has 0 amide bonds. The van der Waals surface area contributed by atoms with Crippen molar-refractivity contribution in [2.75, 3.05) is 19.0 Å². The molecular weight excluding hydrogens is 218 g/mol. The second kappa shape index (κ2) is 4.63. The third-order valence-corrected chi connectivity index (χ3v) is 3.34. The van der Waals surface area contributed by atoms with Gasteiger partial charge in [-0.1, -0.05) is 12.1 Å². The van der Waals surface area contributed by atoms with Crippen molar-refractivity contribution < 1.29 is 0 Å². The second-order valence-corrected chi connectivity index (χ2v) is 4.76. The van der Waals surface area contributed by atoms with E-state index in [2.05, 4.69) is 34.1 Å². The molecule has 84 valence electrons. The normalized spacial score (nSPS) is 12.4. The van der Waals surface area contributed by atoms with E-state index in [0.29, 0.717) is 0 Å². The number of aromatic nitrogens is 1. The van der Waals surface area contributed by atoms with Crippen LogP contribution in [0.1, 0.15) is 16.6 Å². The highest BCUT2D eigenvalue weighted by molar-refractivity contribution is 7.09. The van der Waals surface area contributed by atoms with Crippen molar-refractivity contribution in [1.29, 1.82) is 0 Å². The monoisotopic (exact) mass is 233 g/mol. The van der Waals surface area contributed by atoms with E-state index in [4.69, 9.17) is 5.73 Å². The fraction of sp³-hybridized carbons (Fsp3) is 0.250. The van der Waals surface area contributed by atoms with Crippen LogP contribution in [0, 0.1) is 0 Å². The zero-order chi connectivity index (χ0) is 11.5. The van der Waals surface area contributed by atoms with Crippen molar-refractivity contribution >= 4 is 17.0 Å². The molecule has 4 heteroatoms. The molecule has 3 nitrogen and oxygen atoms in total. The second-order valence-electron chi connectivity index (χ2n) is 3.83. The molecule has 0 saturated carbocycles. The summed E-state index contributed by atoms with van der Waals surface area (Å²) in [6.45, 7) is 0. The number of benzene rings is 1. The number of nitrogens with two attached hydrogens (primary N) is 1. The molecule has 0 saturated heterocycles. The van der Waals surface area contributed by atoms with E-state index in [1.165, 1.54) is 5.69 Å². The predicted octanol–water partition coefficient (Wildman–Crippen LogP) is 2.26. The Labute approximate surface area is 99.5 Å². The number of nitrogens with zero attached hydrogens (tertiary/aromatic N) is 2. The van der Waals surface area contributed by atoms with Gasteiger partial charge >= 0.3 is 0 Å². The zero-order valence-electron chi connectivity index (χ0n) is 9.42. The Morgan fingerprint density at radius 3 is 2.44 bits per heavy atom. The van der Waals surface area contributed by atoms with Gasteiger partial charge in [-0.15, -0.1) is 11.3 Å². The minimum atomic E-state index is -0.115. The maximum Gasteiger partial charge on any atom is 0.114 e. The van der Waals surface area contributed by atoms with Gasteiger partial charge in [-0.3, -0.25) is 0 Å². The Balaban J connectivity index is 2.22. The molecule has 1 atom stereocenters. The molecular formula is C12H15N3S. The molecule has 0 aliphatic heterocycles. The third-order valence-electron chi connectivity index (χ3n) is 2.49. The Bertz CT molecular complexity index is 434. The van der Waals surface area contributed by atoms with Gasteiger partial charge in [-0.2, -0.15) is 0 Å². The van der Waals surface area contributed by atoms with Crippen LogP contribution >= 0.6 is 11.3 Å². The average molecular weight is 233 g/mol. The van der Waals surface area contributed by atoms with Gasteiger partial charge in [0.15, 0.2) is 0 Å². The number of thiazole rings is 1. The third kappa shape index (κ3) is 2.23. The highest BCUT2D eigenvalue weighted by atomic mass is 32.1. The maximum absolute atomic E-state index is 6.12. The first-order chi connectivity index (χ1) is 7.68. The van der Waals surface area contributed by atoms with Crippen molar-refractivity contribution in [1.82, 2.24) is 4.98 Å². The maximum atomic E-state index is 6.12. The minimum Gasteiger partial charge on any atom is -0.378 e. The van der Waals surface area contributed by atoms with Crippen molar-refractivity contribution in [2.24, 2.45) is 5.73 Å². The molecule has 0 aliphatic rings. The first kappa shape index (κ1) is 11.1. The van der Waals surface area contributed by atoms with Crippen molar-refractivity contribution in [3.63, 3.8) is 0 Å². The topological polar surface area (TPSA) is 42.1 Å². The van der Waals surface area contributed by atoms with Crippen molar-refractivity contribution in [3.05, 3.63) is 46.4 Å². The Morgan fingerprint density at radius 1 is 1.25 bits per heavy atom. The predicted molar refractivity (Wildman–Crippen MR) is 68.9 cm³/mol. The highest BCUT2D eigenvalue weighted by Crippen LogP contribution is 2.23. The van der Waals surface area contributed by atoms with Gasteiger partial charge in [0, 0.05) is 31.4 Å². The van der Waals surface area contributed by atoms with Gasteiger partial charge in [0.05, 0.1) is 6.04 Å². The summed E-state index contributed by atoms with van der Waals surface area (Å²) in [5.74, 6) is 0. The van der Waals surface area contributed by atoms with Crippen LogP contribution in [0.2, 0.25) is 0 Å². The highest BCUT2D eigenvalue weighted by Gasteiger charge is 2.10. The van der Waals surface area contributed by atoms with Crippen LogP contribution in [0.5, 0.6) is 0 Å². The lowest BCUT2D eigenvalue weighted by Crippen LogP contribution is -2.12. The van der Waals surface area contributed by atoms with Crippen LogP contribution in [0.3, 0.4) is 0 Å². The van der Waals surface area contributed by atoms with E-state index in [1.807, 2.05) is 19.5 Å². The van der Waals surface area contributed by atoms with E-state index < -0.39 is 0 Å². The quantitative estimate of drug-likeness (QED) is 0.884. The standard InChI is InChI=1S/C12H15N3S/c1-15(2)10-5-3-9(4-6-10)11(13)12-14-7-8-16-12/h3-8,11H,13H2,1-2H3. The molecule has 1 aromatic heterocycles. The van der Waals surface area contributed by atoms with E-state index in [9.17, 15) is 0 Å². The summed E-state index contributed by atoms with van der Waals surface area (Å²) in [5.41, 5.74) is 8.39. The van der Waals surface area contributed by atoms with Crippen LogP contribution in [0.25, 0.3) is 0 Å². The van der Waals surface area contributed by atoms with Gasteiger partial charge in [0.2, 0.25) is 0 Å². The minimum absolute atomic E-state index is 0.115. The summed E-state index contributed by atoms with van der Waals surface area (Å²) in [6.07, 6.45) is 1.79. The van der Waals surface area contributed by atoms with Crippen LogP contribution in [0.4, 0.5) is 5.69 Å². The molecule has 16 heavy (non-hydrogen) atoms. The molecule has 1 unspecified atom stereocenters. The van der Waals surface area contributed by atoms with Gasteiger partial charge in [-0.05, 0) is 17.7 Å². The lowest BCUT2D eigenvalue weighted by molar-refractivity contribution is 0.857. The summed E-state index contributed by atoms with van der Waals surface area (Å²) < 4.78 is 0. The summed E-state index contributed by atoms with van der Waals surface area (Å²) >= 11 is 1.59. The van der Waals surface area contributed by atoms with Crippen LogP contribution < -0.4 is 10.6 Å². The summed E-state index contributed by atoms with van der Waals surface area (Å²) in [4.78, 5) is 6.30. The number of rotatable bonds is 3. The van der Waals surface area contributed by atoms with E-state index in [1.54, 1.807) is 17.5 Å². The summed E-state index contributed by atoms with van der Waals surface area (Å²) in [6, 6.07) is 8.14. The number of anilines is 1. The number of hydrogen-bond acceptors (Lipinski definition) is 4. The summed E-state index contributed by atoms with van der Waals surface area (Å²) in [5, 5.41) is 2.90. The van der Waals surface area contributed by atoms with Gasteiger partial charge in [0.25, 0.3) is 0 Å². The van der Waals surface area contributed by atoms with E-state index in [0.717, 1.165) is 10.6 Å².